The van der Waals surface area contributed by atoms with Crippen LogP contribution in [0.15, 0.2) is 24.3 Å². The SMILES string of the molecule is CC(C)c1ccc(NC(=O)CCN[C@@H](C)c2nn[nH]n2)cc1. The molecule has 0 bridgehead atoms. The molecule has 0 aliphatic carbocycles. The summed E-state index contributed by atoms with van der Waals surface area (Å²) in [5, 5.41) is 19.8. The van der Waals surface area contributed by atoms with Gasteiger partial charge in [-0.1, -0.05) is 31.2 Å². The molecule has 1 aromatic carbocycles. The smallest absolute Gasteiger partial charge is 0.225 e. The molecule has 2 rings (SSSR count). The number of carbonyl (C=O) groups is 1. The van der Waals surface area contributed by atoms with Crippen LogP contribution >= 0.6 is 0 Å². The number of nitrogens with one attached hydrogen (secondary N) is 3. The molecule has 7 nitrogen and oxygen atoms in total. The van der Waals surface area contributed by atoms with Crippen molar-refractivity contribution >= 4 is 11.6 Å². The molecule has 3 N–H and O–H groups in total. The third kappa shape index (κ3) is 4.63. The summed E-state index contributed by atoms with van der Waals surface area (Å²) in [7, 11) is 0. The highest BCUT2D eigenvalue weighted by molar-refractivity contribution is 5.90. The first-order valence-electron chi connectivity index (χ1n) is 7.43. The summed E-state index contributed by atoms with van der Waals surface area (Å²) in [5.41, 5.74) is 2.08. The van der Waals surface area contributed by atoms with Crippen LogP contribution in [-0.4, -0.2) is 33.1 Å². The van der Waals surface area contributed by atoms with E-state index in [9.17, 15) is 4.79 Å². The van der Waals surface area contributed by atoms with E-state index in [1.54, 1.807) is 0 Å². The molecule has 2 aromatic rings. The van der Waals surface area contributed by atoms with E-state index in [-0.39, 0.29) is 11.9 Å². The van der Waals surface area contributed by atoms with Gasteiger partial charge in [-0.3, -0.25) is 4.79 Å². The first-order chi connectivity index (χ1) is 10.6. The Bertz CT molecular complexity index is 579. The highest BCUT2D eigenvalue weighted by Crippen LogP contribution is 2.17. The summed E-state index contributed by atoms with van der Waals surface area (Å²) in [5.74, 6) is 1.05. The number of benzene rings is 1. The molecule has 0 aliphatic rings. The fraction of sp³-hybridized carbons (Fsp3) is 0.467. The summed E-state index contributed by atoms with van der Waals surface area (Å²) in [4.78, 5) is 11.9. The number of carbonyl (C=O) groups excluding carboxylic acids is 1. The van der Waals surface area contributed by atoms with E-state index >= 15 is 0 Å². The van der Waals surface area contributed by atoms with E-state index in [4.69, 9.17) is 0 Å². The Balaban J connectivity index is 1.73. The molecule has 0 radical (unpaired) electrons. The minimum atomic E-state index is -0.0446. The summed E-state index contributed by atoms with van der Waals surface area (Å²) >= 11 is 0. The Labute approximate surface area is 129 Å². The normalized spacial score (nSPS) is 12.4. The van der Waals surface area contributed by atoms with Crippen molar-refractivity contribution < 1.29 is 4.79 Å². The van der Waals surface area contributed by atoms with Crippen LogP contribution in [-0.2, 0) is 4.79 Å². The minimum Gasteiger partial charge on any atom is -0.326 e. The van der Waals surface area contributed by atoms with Crippen molar-refractivity contribution in [3.8, 4) is 0 Å². The Hall–Kier alpha value is -2.28. The maximum atomic E-state index is 11.9. The Morgan fingerprint density at radius 2 is 1.95 bits per heavy atom. The molecule has 7 heteroatoms. The van der Waals surface area contributed by atoms with Crippen LogP contribution in [0, 0.1) is 0 Å². The second-order valence-electron chi connectivity index (χ2n) is 5.52. The molecule has 0 saturated heterocycles. The molecule has 1 heterocycles. The summed E-state index contributed by atoms with van der Waals surface area (Å²) in [6, 6.07) is 7.90. The molecule has 118 valence electrons. The summed E-state index contributed by atoms with van der Waals surface area (Å²) < 4.78 is 0. The van der Waals surface area contributed by atoms with E-state index in [2.05, 4.69) is 45.1 Å². The van der Waals surface area contributed by atoms with Crippen LogP contribution in [0.1, 0.15) is 50.5 Å². The number of hydrogen-bond acceptors (Lipinski definition) is 5. The predicted molar refractivity (Wildman–Crippen MR) is 84.4 cm³/mol. The zero-order valence-corrected chi connectivity index (χ0v) is 13.1. The molecule has 1 atom stereocenters. The third-order valence-corrected chi connectivity index (χ3v) is 3.41. The van der Waals surface area contributed by atoms with Crippen LogP contribution in [0.3, 0.4) is 0 Å². The Kier molecular flexibility index (Phi) is 5.60. The van der Waals surface area contributed by atoms with Gasteiger partial charge in [0.1, 0.15) is 0 Å². The van der Waals surface area contributed by atoms with Crippen LogP contribution in [0.2, 0.25) is 0 Å². The van der Waals surface area contributed by atoms with Gasteiger partial charge in [-0.15, -0.1) is 10.2 Å². The van der Waals surface area contributed by atoms with E-state index in [1.165, 1.54) is 5.56 Å². The van der Waals surface area contributed by atoms with Gasteiger partial charge in [0.25, 0.3) is 0 Å². The number of tetrazole rings is 1. The van der Waals surface area contributed by atoms with Gasteiger partial charge in [-0.25, -0.2) is 0 Å². The molecular formula is C15H22N6O. The summed E-state index contributed by atoms with van der Waals surface area (Å²) in [6.45, 7) is 6.76. The van der Waals surface area contributed by atoms with Crippen molar-refractivity contribution in [3.63, 3.8) is 0 Å². The lowest BCUT2D eigenvalue weighted by atomic mass is 10.0. The lowest BCUT2D eigenvalue weighted by Gasteiger charge is -2.10. The predicted octanol–water partition coefficient (Wildman–Crippen LogP) is 2.00. The fourth-order valence-corrected chi connectivity index (χ4v) is 2.02. The van der Waals surface area contributed by atoms with Gasteiger partial charge in [0.05, 0.1) is 6.04 Å². The van der Waals surface area contributed by atoms with Gasteiger partial charge in [-0.2, -0.15) is 5.21 Å². The maximum Gasteiger partial charge on any atom is 0.225 e. The number of anilines is 1. The topological polar surface area (TPSA) is 95.6 Å². The number of amides is 1. The molecule has 0 fully saturated rings. The quantitative estimate of drug-likeness (QED) is 0.727. The van der Waals surface area contributed by atoms with E-state index in [0.717, 1.165) is 5.69 Å². The van der Waals surface area contributed by atoms with Crippen LogP contribution in [0.5, 0.6) is 0 Å². The second kappa shape index (κ2) is 7.65. The van der Waals surface area contributed by atoms with Crippen LogP contribution < -0.4 is 10.6 Å². The monoisotopic (exact) mass is 302 g/mol. The minimum absolute atomic E-state index is 0.0230. The number of rotatable bonds is 7. The number of nitrogens with zero attached hydrogens (tertiary/aromatic N) is 3. The highest BCUT2D eigenvalue weighted by atomic mass is 16.1. The van der Waals surface area contributed by atoms with Crippen LogP contribution in [0.4, 0.5) is 5.69 Å². The Morgan fingerprint density at radius 3 is 2.55 bits per heavy atom. The highest BCUT2D eigenvalue weighted by Gasteiger charge is 2.10. The van der Waals surface area contributed by atoms with Crippen molar-refractivity contribution in [1.29, 1.82) is 0 Å². The molecular weight excluding hydrogens is 280 g/mol. The first-order valence-corrected chi connectivity index (χ1v) is 7.43. The maximum absolute atomic E-state index is 11.9. The molecule has 22 heavy (non-hydrogen) atoms. The van der Waals surface area contributed by atoms with Crippen LogP contribution in [0.25, 0.3) is 0 Å². The van der Waals surface area contributed by atoms with Gasteiger partial charge in [-0.05, 0) is 30.5 Å². The largest absolute Gasteiger partial charge is 0.326 e. The van der Waals surface area contributed by atoms with Gasteiger partial charge >= 0.3 is 0 Å². The van der Waals surface area contributed by atoms with Crippen molar-refractivity contribution in [3.05, 3.63) is 35.7 Å². The van der Waals surface area contributed by atoms with Gasteiger partial charge in [0.2, 0.25) is 5.91 Å². The van der Waals surface area contributed by atoms with Crippen molar-refractivity contribution in [1.82, 2.24) is 25.9 Å². The molecule has 0 spiro atoms. The lowest BCUT2D eigenvalue weighted by Crippen LogP contribution is -2.25. The van der Waals surface area contributed by atoms with Crippen molar-refractivity contribution in [2.75, 3.05) is 11.9 Å². The number of aromatic nitrogens is 4. The number of hydrogen-bond donors (Lipinski definition) is 3. The van der Waals surface area contributed by atoms with Gasteiger partial charge < -0.3 is 10.6 Å². The molecule has 1 amide bonds. The van der Waals surface area contributed by atoms with Crippen molar-refractivity contribution in [2.24, 2.45) is 0 Å². The van der Waals surface area contributed by atoms with E-state index in [1.807, 2.05) is 31.2 Å². The van der Waals surface area contributed by atoms with E-state index in [0.29, 0.717) is 24.7 Å². The number of aromatic amines is 1. The first kappa shape index (κ1) is 16.1. The van der Waals surface area contributed by atoms with Gasteiger partial charge in [0.15, 0.2) is 5.82 Å². The summed E-state index contributed by atoms with van der Waals surface area (Å²) in [6.07, 6.45) is 0.383. The second-order valence-corrected chi connectivity index (χ2v) is 5.52. The molecule has 0 saturated carbocycles. The van der Waals surface area contributed by atoms with E-state index < -0.39 is 0 Å². The molecule has 0 aliphatic heterocycles. The lowest BCUT2D eigenvalue weighted by molar-refractivity contribution is -0.116. The average Bonchev–Trinajstić information content (AvgIpc) is 3.02. The standard InChI is InChI=1S/C15H22N6O/c1-10(2)12-4-6-13(7-5-12)17-14(22)8-9-16-11(3)15-18-20-21-19-15/h4-7,10-11,16H,8-9H2,1-3H3,(H,17,22)(H,18,19,20,21)/t11-/m0/s1. The van der Waals surface area contributed by atoms with Crippen molar-refractivity contribution in [2.45, 2.75) is 39.2 Å². The average molecular weight is 302 g/mol. The molecule has 0 unspecified atom stereocenters. The zero-order valence-electron chi connectivity index (χ0n) is 13.1. The number of H-pyrrole nitrogens is 1. The Morgan fingerprint density at radius 1 is 1.23 bits per heavy atom. The third-order valence-electron chi connectivity index (χ3n) is 3.41. The molecule has 1 aromatic heterocycles. The zero-order chi connectivity index (χ0) is 15.9. The fourth-order valence-electron chi connectivity index (χ4n) is 2.02. The van der Waals surface area contributed by atoms with Gasteiger partial charge in [0, 0.05) is 18.7 Å².